The van der Waals surface area contributed by atoms with Crippen LogP contribution in [0.1, 0.15) is 19.3 Å². The van der Waals surface area contributed by atoms with E-state index >= 15 is 0 Å². The van der Waals surface area contributed by atoms with Crippen molar-refractivity contribution in [1.29, 1.82) is 0 Å². The lowest BCUT2D eigenvalue weighted by Crippen LogP contribution is -2.48. The van der Waals surface area contributed by atoms with Gasteiger partial charge in [0.15, 0.2) is 0 Å². The first-order valence-corrected chi connectivity index (χ1v) is 6.34. The van der Waals surface area contributed by atoms with Crippen molar-refractivity contribution in [2.45, 2.75) is 19.3 Å². The van der Waals surface area contributed by atoms with E-state index in [1.165, 1.54) is 0 Å². The van der Waals surface area contributed by atoms with Gasteiger partial charge in [0.1, 0.15) is 6.61 Å². The molecule has 0 aromatic carbocycles. The maximum Gasteiger partial charge on any atom is 0.404 e. The molecule has 1 atom stereocenters. The highest BCUT2D eigenvalue weighted by Crippen LogP contribution is 2.49. The Labute approximate surface area is 111 Å². The Hall–Kier alpha value is -1.82. The fourth-order valence-corrected chi connectivity index (χ4v) is 2.83. The van der Waals surface area contributed by atoms with Crippen molar-refractivity contribution in [2.75, 3.05) is 6.61 Å². The number of hydrazine groups is 1. The molecular weight excluding hydrogens is 246 g/mol. The predicted molar refractivity (Wildman–Crippen MR) is 69.4 cm³/mol. The molecule has 6 nitrogen and oxygen atoms in total. The lowest BCUT2D eigenvalue weighted by atomic mass is 9.58. The summed E-state index contributed by atoms with van der Waals surface area (Å²) < 4.78 is 4.99. The summed E-state index contributed by atoms with van der Waals surface area (Å²) in [6.07, 6.45) is 9.54. The molecule has 2 amide bonds. The van der Waals surface area contributed by atoms with E-state index in [-0.39, 0.29) is 23.8 Å². The van der Waals surface area contributed by atoms with Crippen molar-refractivity contribution in [1.82, 2.24) is 5.43 Å². The van der Waals surface area contributed by atoms with Crippen LogP contribution in [0.15, 0.2) is 24.3 Å². The quantitative estimate of drug-likeness (QED) is 0.393. The van der Waals surface area contributed by atoms with Crippen LogP contribution in [0.25, 0.3) is 0 Å². The molecule has 19 heavy (non-hydrogen) atoms. The number of nitrogens with two attached hydrogens (primary N) is 2. The SMILES string of the molecule is NNC(=O)[C@H]1C[C@H](C2(COC(N)=O)C=CC=CC2)C1. The van der Waals surface area contributed by atoms with Gasteiger partial charge < -0.3 is 10.5 Å². The molecule has 6 heteroatoms. The van der Waals surface area contributed by atoms with Crippen molar-refractivity contribution in [3.8, 4) is 0 Å². The average Bonchev–Trinajstić information content (AvgIpc) is 2.35. The van der Waals surface area contributed by atoms with Crippen LogP contribution in [0, 0.1) is 17.3 Å². The Bertz CT molecular complexity index is 427. The molecule has 1 saturated carbocycles. The number of hydrogen-bond donors (Lipinski definition) is 3. The number of allylic oxidation sites excluding steroid dienone is 3. The molecule has 0 aromatic rings. The molecule has 0 radical (unpaired) electrons. The van der Waals surface area contributed by atoms with Gasteiger partial charge in [0.25, 0.3) is 0 Å². The third-order valence-corrected chi connectivity index (χ3v) is 4.12. The van der Waals surface area contributed by atoms with Crippen LogP contribution in [0.2, 0.25) is 0 Å². The van der Waals surface area contributed by atoms with Crippen LogP contribution in [0.4, 0.5) is 4.79 Å². The molecule has 1 unspecified atom stereocenters. The number of carbonyl (C=O) groups is 2. The molecule has 5 N–H and O–H groups in total. The summed E-state index contributed by atoms with van der Waals surface area (Å²) in [5.41, 5.74) is 6.98. The molecule has 0 aliphatic heterocycles. The van der Waals surface area contributed by atoms with E-state index in [0.717, 1.165) is 19.3 Å². The summed E-state index contributed by atoms with van der Waals surface area (Å²) >= 11 is 0. The van der Waals surface area contributed by atoms with Gasteiger partial charge in [-0.25, -0.2) is 10.6 Å². The Morgan fingerprint density at radius 1 is 1.37 bits per heavy atom. The third kappa shape index (κ3) is 2.78. The van der Waals surface area contributed by atoms with Crippen molar-refractivity contribution >= 4 is 12.0 Å². The van der Waals surface area contributed by atoms with Gasteiger partial charge in [-0.1, -0.05) is 24.3 Å². The van der Waals surface area contributed by atoms with Crippen LogP contribution in [0.3, 0.4) is 0 Å². The normalized spacial score (nSPS) is 32.5. The molecule has 0 aromatic heterocycles. The molecule has 0 spiro atoms. The van der Waals surface area contributed by atoms with Crippen LogP contribution < -0.4 is 17.0 Å². The summed E-state index contributed by atoms with van der Waals surface area (Å²) in [4.78, 5) is 22.2. The minimum Gasteiger partial charge on any atom is -0.449 e. The lowest BCUT2D eigenvalue weighted by molar-refractivity contribution is -0.131. The molecule has 0 saturated heterocycles. The fraction of sp³-hybridized carbons (Fsp3) is 0.538. The largest absolute Gasteiger partial charge is 0.449 e. The summed E-state index contributed by atoms with van der Waals surface area (Å²) in [5, 5.41) is 0. The van der Waals surface area contributed by atoms with Crippen molar-refractivity contribution in [3.63, 3.8) is 0 Å². The van der Waals surface area contributed by atoms with Crippen LogP contribution in [0.5, 0.6) is 0 Å². The van der Waals surface area contributed by atoms with Gasteiger partial charge >= 0.3 is 6.09 Å². The Kier molecular flexibility index (Phi) is 3.90. The third-order valence-electron chi connectivity index (χ3n) is 4.12. The highest BCUT2D eigenvalue weighted by atomic mass is 16.5. The highest BCUT2D eigenvalue weighted by molar-refractivity contribution is 5.78. The predicted octanol–water partition coefficient (Wildman–Crippen LogP) is 0.600. The number of rotatable bonds is 4. The van der Waals surface area contributed by atoms with Gasteiger partial charge in [-0.2, -0.15) is 0 Å². The summed E-state index contributed by atoms with van der Waals surface area (Å²) in [6.45, 7) is 0.255. The van der Waals surface area contributed by atoms with Gasteiger partial charge in [0, 0.05) is 11.3 Å². The van der Waals surface area contributed by atoms with E-state index in [1.807, 2.05) is 18.2 Å². The maximum absolute atomic E-state index is 11.4. The average molecular weight is 265 g/mol. The van der Waals surface area contributed by atoms with E-state index in [2.05, 4.69) is 11.5 Å². The summed E-state index contributed by atoms with van der Waals surface area (Å²) in [7, 11) is 0. The summed E-state index contributed by atoms with van der Waals surface area (Å²) in [5.74, 6) is 5.26. The summed E-state index contributed by atoms with van der Waals surface area (Å²) in [6, 6.07) is 0. The van der Waals surface area contributed by atoms with E-state index in [9.17, 15) is 9.59 Å². The Morgan fingerprint density at radius 3 is 2.63 bits per heavy atom. The molecule has 0 bridgehead atoms. The van der Waals surface area contributed by atoms with Crippen LogP contribution in [-0.4, -0.2) is 18.6 Å². The maximum atomic E-state index is 11.4. The minimum atomic E-state index is -0.766. The van der Waals surface area contributed by atoms with E-state index in [0.29, 0.717) is 5.92 Å². The van der Waals surface area contributed by atoms with Gasteiger partial charge in [-0.3, -0.25) is 10.2 Å². The van der Waals surface area contributed by atoms with Gasteiger partial charge in [0.2, 0.25) is 5.91 Å². The Balaban J connectivity index is 2.00. The first-order chi connectivity index (χ1) is 9.07. The first-order valence-electron chi connectivity index (χ1n) is 6.34. The molecule has 2 rings (SSSR count). The minimum absolute atomic E-state index is 0.0419. The van der Waals surface area contributed by atoms with Crippen molar-refractivity contribution in [2.24, 2.45) is 28.8 Å². The molecular formula is C13H19N3O3. The number of nitrogens with one attached hydrogen (secondary N) is 1. The van der Waals surface area contributed by atoms with E-state index in [4.69, 9.17) is 16.3 Å². The Morgan fingerprint density at radius 2 is 2.11 bits per heavy atom. The molecule has 1 fully saturated rings. The highest BCUT2D eigenvalue weighted by Gasteiger charge is 2.47. The number of amides is 2. The standard InChI is InChI=1S/C13H19N3O3/c14-12(18)19-8-13(4-2-1-3-5-13)10-6-9(7-10)11(17)16-15/h1-4,9-10H,5-8,15H2,(H2,14,18)(H,16,17)/t9-,10-,13?. The topological polar surface area (TPSA) is 107 Å². The van der Waals surface area contributed by atoms with E-state index < -0.39 is 6.09 Å². The molecule has 0 heterocycles. The van der Waals surface area contributed by atoms with Gasteiger partial charge in [-0.15, -0.1) is 0 Å². The second-order valence-corrected chi connectivity index (χ2v) is 5.21. The lowest BCUT2D eigenvalue weighted by Gasteiger charge is -2.46. The van der Waals surface area contributed by atoms with E-state index in [1.54, 1.807) is 0 Å². The van der Waals surface area contributed by atoms with Crippen LogP contribution in [-0.2, 0) is 9.53 Å². The second kappa shape index (κ2) is 5.44. The monoisotopic (exact) mass is 265 g/mol. The number of carbonyl (C=O) groups excluding carboxylic acids is 2. The zero-order valence-electron chi connectivity index (χ0n) is 10.7. The first kappa shape index (κ1) is 13.6. The zero-order chi connectivity index (χ0) is 13.9. The zero-order valence-corrected chi connectivity index (χ0v) is 10.7. The smallest absolute Gasteiger partial charge is 0.404 e. The number of ether oxygens (including phenoxy) is 1. The fourth-order valence-electron chi connectivity index (χ4n) is 2.83. The van der Waals surface area contributed by atoms with Crippen molar-refractivity contribution in [3.05, 3.63) is 24.3 Å². The van der Waals surface area contributed by atoms with Gasteiger partial charge in [-0.05, 0) is 25.2 Å². The second-order valence-electron chi connectivity index (χ2n) is 5.21. The molecule has 104 valence electrons. The van der Waals surface area contributed by atoms with Crippen LogP contribution >= 0.6 is 0 Å². The van der Waals surface area contributed by atoms with Gasteiger partial charge in [0.05, 0.1) is 0 Å². The molecule has 2 aliphatic carbocycles. The number of primary amides is 1. The molecule has 2 aliphatic rings. The van der Waals surface area contributed by atoms with Crippen molar-refractivity contribution < 1.29 is 14.3 Å². The number of hydrogen-bond acceptors (Lipinski definition) is 4.